The molecule has 0 radical (unpaired) electrons. The molecule has 5 nitrogen and oxygen atoms in total. The zero-order chi connectivity index (χ0) is 15.4. The minimum absolute atomic E-state index is 0.0491. The molecular weight excluding hydrogens is 278 g/mol. The molecule has 3 rings (SSSR count). The van der Waals surface area contributed by atoms with E-state index in [0.717, 1.165) is 45.6 Å². The average molecular weight is 303 g/mol. The van der Waals surface area contributed by atoms with Crippen molar-refractivity contribution >= 4 is 6.03 Å². The van der Waals surface area contributed by atoms with Crippen LogP contribution in [0.25, 0.3) is 0 Å². The molecule has 1 fully saturated rings. The number of benzene rings is 1. The number of hydrogen-bond acceptors (Lipinski definition) is 3. The summed E-state index contributed by atoms with van der Waals surface area (Å²) in [5.41, 5.74) is 2.83. The smallest absolute Gasteiger partial charge is 0.317 e. The quantitative estimate of drug-likeness (QED) is 0.874. The van der Waals surface area contributed by atoms with E-state index in [1.165, 1.54) is 11.1 Å². The van der Waals surface area contributed by atoms with E-state index in [9.17, 15) is 4.79 Å². The predicted octanol–water partition coefficient (Wildman–Crippen LogP) is 1.04. The Morgan fingerprint density at radius 2 is 2.00 bits per heavy atom. The molecule has 0 spiro atoms. The van der Waals surface area contributed by atoms with Crippen LogP contribution < -0.4 is 5.32 Å². The number of aliphatic hydroxyl groups is 1. The lowest BCUT2D eigenvalue weighted by molar-refractivity contribution is 0.122. The van der Waals surface area contributed by atoms with Gasteiger partial charge in [-0.1, -0.05) is 24.3 Å². The van der Waals surface area contributed by atoms with E-state index in [1.54, 1.807) is 0 Å². The van der Waals surface area contributed by atoms with Gasteiger partial charge in [0.2, 0.25) is 0 Å². The Bertz CT molecular complexity index is 512. The molecule has 0 aromatic heterocycles. The predicted molar refractivity (Wildman–Crippen MR) is 86.0 cm³/mol. The maximum Gasteiger partial charge on any atom is 0.317 e. The molecule has 5 heteroatoms. The zero-order valence-corrected chi connectivity index (χ0v) is 13.0. The minimum Gasteiger partial charge on any atom is -0.395 e. The molecular formula is C17H25N3O2. The van der Waals surface area contributed by atoms with Crippen molar-refractivity contribution < 1.29 is 9.90 Å². The molecule has 1 aromatic rings. The second kappa shape index (κ2) is 7.11. The molecule has 120 valence electrons. The highest BCUT2D eigenvalue weighted by Crippen LogP contribution is 2.32. The van der Waals surface area contributed by atoms with E-state index in [2.05, 4.69) is 34.5 Å². The summed E-state index contributed by atoms with van der Waals surface area (Å²) < 4.78 is 0. The van der Waals surface area contributed by atoms with E-state index in [0.29, 0.717) is 12.5 Å². The summed E-state index contributed by atoms with van der Waals surface area (Å²) in [6.45, 7) is 4.80. The van der Waals surface area contributed by atoms with Crippen molar-refractivity contribution in [1.29, 1.82) is 0 Å². The van der Waals surface area contributed by atoms with Crippen molar-refractivity contribution in [3.63, 3.8) is 0 Å². The van der Waals surface area contributed by atoms with Gasteiger partial charge in [0.05, 0.1) is 6.61 Å². The monoisotopic (exact) mass is 303 g/mol. The molecule has 1 saturated heterocycles. The number of carbonyl (C=O) groups is 1. The number of aryl methyl sites for hydroxylation is 1. The Balaban J connectivity index is 1.46. The number of piperazine rings is 1. The second-order valence-electron chi connectivity index (χ2n) is 6.17. The van der Waals surface area contributed by atoms with Crippen LogP contribution in [0.1, 0.15) is 23.5 Å². The van der Waals surface area contributed by atoms with Gasteiger partial charge < -0.3 is 15.3 Å². The molecule has 1 atom stereocenters. The summed E-state index contributed by atoms with van der Waals surface area (Å²) in [6.07, 6.45) is 2.25. The van der Waals surface area contributed by atoms with Crippen LogP contribution in [0, 0.1) is 0 Å². The van der Waals surface area contributed by atoms with Crippen LogP contribution in [-0.2, 0) is 6.42 Å². The highest BCUT2D eigenvalue weighted by atomic mass is 16.3. The third-order valence-electron chi connectivity index (χ3n) is 4.83. The molecule has 2 amide bonds. The largest absolute Gasteiger partial charge is 0.395 e. The number of hydrogen-bond donors (Lipinski definition) is 2. The van der Waals surface area contributed by atoms with Crippen molar-refractivity contribution in [1.82, 2.24) is 15.1 Å². The van der Waals surface area contributed by atoms with Crippen molar-refractivity contribution in [2.75, 3.05) is 45.9 Å². The first kappa shape index (κ1) is 15.3. The van der Waals surface area contributed by atoms with E-state index in [4.69, 9.17) is 5.11 Å². The van der Waals surface area contributed by atoms with E-state index in [-0.39, 0.29) is 12.6 Å². The maximum absolute atomic E-state index is 12.3. The maximum atomic E-state index is 12.3. The van der Waals surface area contributed by atoms with Gasteiger partial charge in [0.25, 0.3) is 0 Å². The van der Waals surface area contributed by atoms with Gasteiger partial charge in [-0.3, -0.25) is 4.90 Å². The van der Waals surface area contributed by atoms with Gasteiger partial charge in [-0.2, -0.15) is 0 Å². The fourth-order valence-electron chi connectivity index (χ4n) is 3.50. The highest BCUT2D eigenvalue weighted by molar-refractivity contribution is 5.74. The Morgan fingerprint density at radius 3 is 2.77 bits per heavy atom. The SMILES string of the molecule is O=C(NCC1CCc2ccccc21)N1CCN(CCO)CC1. The minimum atomic E-state index is 0.0491. The topological polar surface area (TPSA) is 55.8 Å². The summed E-state index contributed by atoms with van der Waals surface area (Å²) in [4.78, 5) is 16.4. The fraction of sp³-hybridized carbons (Fsp3) is 0.588. The van der Waals surface area contributed by atoms with Gasteiger partial charge in [-0.05, 0) is 24.0 Å². The van der Waals surface area contributed by atoms with Gasteiger partial charge >= 0.3 is 6.03 Å². The highest BCUT2D eigenvalue weighted by Gasteiger charge is 2.24. The third kappa shape index (κ3) is 3.42. The Hall–Kier alpha value is -1.59. The van der Waals surface area contributed by atoms with Crippen molar-refractivity contribution in [2.24, 2.45) is 0 Å². The van der Waals surface area contributed by atoms with Crippen LogP contribution in [0.3, 0.4) is 0 Å². The van der Waals surface area contributed by atoms with Crippen LogP contribution in [-0.4, -0.2) is 66.8 Å². The molecule has 1 unspecified atom stereocenters. The summed E-state index contributed by atoms with van der Waals surface area (Å²) in [6, 6.07) is 8.60. The first-order valence-corrected chi connectivity index (χ1v) is 8.21. The number of nitrogens with zero attached hydrogens (tertiary/aromatic N) is 2. The van der Waals surface area contributed by atoms with Crippen LogP contribution in [0.4, 0.5) is 4.79 Å². The summed E-state index contributed by atoms with van der Waals surface area (Å²) in [5.74, 6) is 0.454. The van der Waals surface area contributed by atoms with Gasteiger partial charge in [0.1, 0.15) is 0 Å². The number of nitrogens with one attached hydrogen (secondary N) is 1. The number of fused-ring (bicyclic) bond motifs is 1. The molecule has 1 heterocycles. The van der Waals surface area contributed by atoms with Crippen LogP contribution in [0.2, 0.25) is 0 Å². The van der Waals surface area contributed by atoms with Gasteiger partial charge in [0.15, 0.2) is 0 Å². The van der Waals surface area contributed by atoms with E-state index in [1.807, 2.05) is 4.90 Å². The molecule has 2 N–H and O–H groups in total. The molecule has 0 bridgehead atoms. The standard InChI is InChI=1S/C17H25N3O2/c21-12-11-19-7-9-20(10-8-19)17(22)18-13-15-6-5-14-3-1-2-4-16(14)15/h1-4,15,21H,5-13H2,(H,18,22). The molecule has 2 aliphatic rings. The molecule has 1 aliphatic carbocycles. The zero-order valence-electron chi connectivity index (χ0n) is 13.0. The summed E-state index contributed by atoms with van der Waals surface area (Å²) >= 11 is 0. The van der Waals surface area contributed by atoms with Gasteiger partial charge in [-0.15, -0.1) is 0 Å². The van der Waals surface area contributed by atoms with Crippen molar-refractivity contribution in [2.45, 2.75) is 18.8 Å². The Kier molecular flexibility index (Phi) is 4.95. The molecule has 0 saturated carbocycles. The number of β-amino-alcohol motifs (C(OH)–C–C–N with tert-alkyl or cyclic N) is 1. The second-order valence-corrected chi connectivity index (χ2v) is 6.17. The van der Waals surface area contributed by atoms with Gasteiger partial charge in [-0.25, -0.2) is 4.79 Å². The summed E-state index contributed by atoms with van der Waals surface area (Å²) in [7, 11) is 0. The molecule has 22 heavy (non-hydrogen) atoms. The Morgan fingerprint density at radius 1 is 1.23 bits per heavy atom. The van der Waals surface area contributed by atoms with E-state index < -0.39 is 0 Å². The number of aliphatic hydroxyl groups excluding tert-OH is 1. The average Bonchev–Trinajstić information content (AvgIpc) is 2.97. The number of rotatable bonds is 4. The van der Waals surface area contributed by atoms with Crippen LogP contribution in [0.15, 0.2) is 24.3 Å². The summed E-state index contributed by atoms with van der Waals surface area (Å²) in [5, 5.41) is 12.0. The lowest BCUT2D eigenvalue weighted by Gasteiger charge is -2.34. The van der Waals surface area contributed by atoms with E-state index >= 15 is 0 Å². The lowest BCUT2D eigenvalue weighted by Crippen LogP contribution is -2.52. The lowest BCUT2D eigenvalue weighted by atomic mass is 10.0. The molecule has 1 aliphatic heterocycles. The number of carbonyl (C=O) groups excluding carboxylic acids is 1. The van der Waals surface area contributed by atoms with Crippen molar-refractivity contribution in [3.05, 3.63) is 35.4 Å². The Labute approximate surface area is 131 Å². The number of amides is 2. The first-order valence-electron chi connectivity index (χ1n) is 8.21. The first-order chi connectivity index (χ1) is 10.8. The third-order valence-corrected chi connectivity index (χ3v) is 4.83. The molecule has 1 aromatic carbocycles. The van der Waals surface area contributed by atoms with Crippen LogP contribution in [0.5, 0.6) is 0 Å². The van der Waals surface area contributed by atoms with Gasteiger partial charge in [0, 0.05) is 45.2 Å². The van der Waals surface area contributed by atoms with Crippen LogP contribution >= 0.6 is 0 Å². The van der Waals surface area contributed by atoms with Crippen molar-refractivity contribution in [3.8, 4) is 0 Å². The fourth-order valence-corrected chi connectivity index (χ4v) is 3.50. The normalized spacial score (nSPS) is 21.7. The number of urea groups is 1.